The number of carbonyl (C=O) groups is 5. The van der Waals surface area contributed by atoms with Crippen LogP contribution in [0.25, 0.3) is 0 Å². The lowest BCUT2D eigenvalue weighted by molar-refractivity contribution is -0.192. The Kier molecular flexibility index (Phi) is 20.7. The molecule has 0 radical (unpaired) electrons. The molecule has 0 aromatic heterocycles. The molecular weight excluding hydrogens is 747 g/mol. The van der Waals surface area contributed by atoms with Gasteiger partial charge in [0.25, 0.3) is 0 Å². The largest absolute Gasteiger partial charge is 0.490 e. The van der Waals surface area contributed by atoms with E-state index in [-0.39, 0.29) is 42.7 Å². The number of likely N-dealkylation sites (tertiary alicyclic amines) is 1. The van der Waals surface area contributed by atoms with Gasteiger partial charge in [-0.2, -0.15) is 13.2 Å². The lowest BCUT2D eigenvalue weighted by Crippen LogP contribution is -2.59. The summed E-state index contributed by atoms with van der Waals surface area (Å²) in [6.07, 6.45) is -1.43. The number of aliphatic carboxylic acids is 2. The fraction of sp³-hybridized carbons (Fsp3) is 0.575. The highest BCUT2D eigenvalue weighted by Gasteiger charge is 2.39. The minimum absolute atomic E-state index is 0.0460. The number of nitrogens with zero attached hydrogens (tertiary/aromatic N) is 1. The first-order valence-corrected chi connectivity index (χ1v) is 19.3. The fourth-order valence-electron chi connectivity index (χ4n) is 6.29. The topological polar surface area (TPSA) is 229 Å². The quantitative estimate of drug-likeness (QED) is 0.0856. The summed E-state index contributed by atoms with van der Waals surface area (Å²) in [7, 11) is 0. The van der Waals surface area contributed by atoms with E-state index in [1.807, 2.05) is 62.4 Å². The van der Waals surface area contributed by atoms with Gasteiger partial charge < -0.3 is 47.8 Å². The summed E-state index contributed by atoms with van der Waals surface area (Å²) in [5.74, 6) is -4.46. The third-order valence-corrected chi connectivity index (χ3v) is 9.63. The number of nitrogens with two attached hydrogens (primary N) is 2. The zero-order valence-electron chi connectivity index (χ0n) is 33.0. The zero-order valence-corrected chi connectivity index (χ0v) is 33.0. The molecule has 14 nitrogen and oxygen atoms in total. The Morgan fingerprint density at radius 2 is 1.40 bits per heavy atom. The van der Waals surface area contributed by atoms with Crippen molar-refractivity contribution in [3.8, 4) is 0 Å². The van der Waals surface area contributed by atoms with E-state index in [4.69, 9.17) is 21.4 Å². The van der Waals surface area contributed by atoms with Crippen molar-refractivity contribution >= 4 is 29.7 Å². The maximum absolute atomic E-state index is 13.9. The molecule has 4 atom stereocenters. The van der Waals surface area contributed by atoms with Crippen LogP contribution < -0.4 is 32.7 Å². The van der Waals surface area contributed by atoms with Gasteiger partial charge in [-0.25, -0.2) is 4.79 Å². The van der Waals surface area contributed by atoms with E-state index in [9.17, 15) is 37.5 Å². The molecule has 0 spiro atoms. The number of piperidine rings is 1. The number of hydrogen-bond donors (Lipinski definition) is 8. The highest BCUT2D eigenvalue weighted by atomic mass is 19.4. The van der Waals surface area contributed by atoms with Crippen LogP contribution in [-0.2, 0) is 30.4 Å². The molecule has 2 aromatic carbocycles. The van der Waals surface area contributed by atoms with Gasteiger partial charge in [0.15, 0.2) is 0 Å². The second-order valence-electron chi connectivity index (χ2n) is 15.0. The summed E-state index contributed by atoms with van der Waals surface area (Å²) in [5, 5.41) is 28.9. The SMILES string of the molecule is CC(C)CC(NC(=O)C(Cc1ccccc1)NC(=O)CNCC(C)c1ccccc1)C(=O)NC(CCCCN)CN1CCC(N)(C(=O)O)CC1.O=C(O)C(F)(F)F. The van der Waals surface area contributed by atoms with Crippen molar-refractivity contribution in [1.29, 1.82) is 0 Å². The molecule has 0 aliphatic carbocycles. The third-order valence-electron chi connectivity index (χ3n) is 9.63. The molecule has 0 bridgehead atoms. The summed E-state index contributed by atoms with van der Waals surface area (Å²) in [5.41, 5.74) is 12.7. The number of halogens is 3. The normalized spacial score (nSPS) is 16.2. The Labute approximate surface area is 332 Å². The van der Waals surface area contributed by atoms with Crippen molar-refractivity contribution in [3.63, 3.8) is 0 Å². The fourth-order valence-corrected chi connectivity index (χ4v) is 6.29. The van der Waals surface area contributed by atoms with Crippen LogP contribution >= 0.6 is 0 Å². The molecule has 57 heavy (non-hydrogen) atoms. The molecule has 3 rings (SSSR count). The van der Waals surface area contributed by atoms with Gasteiger partial charge in [-0.1, -0.05) is 87.9 Å². The van der Waals surface area contributed by atoms with Crippen LogP contribution in [-0.4, -0.2) is 114 Å². The number of rotatable bonds is 21. The van der Waals surface area contributed by atoms with Crippen LogP contribution in [0.5, 0.6) is 0 Å². The number of unbranched alkanes of at least 4 members (excludes halogenated alkanes) is 1. The molecular formula is C40H60F3N7O7. The van der Waals surface area contributed by atoms with Gasteiger partial charge in [-0.3, -0.25) is 19.2 Å². The van der Waals surface area contributed by atoms with Gasteiger partial charge in [-0.05, 0) is 61.6 Å². The highest BCUT2D eigenvalue weighted by Crippen LogP contribution is 2.21. The maximum Gasteiger partial charge on any atom is 0.490 e. The van der Waals surface area contributed by atoms with E-state index in [1.54, 1.807) is 0 Å². The first kappa shape index (κ1) is 48.6. The number of benzene rings is 2. The summed E-state index contributed by atoms with van der Waals surface area (Å²) >= 11 is 0. The first-order chi connectivity index (χ1) is 26.8. The van der Waals surface area contributed by atoms with E-state index in [1.165, 1.54) is 5.56 Å². The molecule has 10 N–H and O–H groups in total. The average Bonchev–Trinajstić information content (AvgIpc) is 3.15. The average molecular weight is 808 g/mol. The number of carboxylic acids is 2. The molecule has 1 aliphatic rings. The van der Waals surface area contributed by atoms with Gasteiger partial charge >= 0.3 is 18.1 Å². The van der Waals surface area contributed by atoms with Gasteiger partial charge in [0.1, 0.15) is 17.6 Å². The molecule has 1 saturated heterocycles. The predicted molar refractivity (Wildman–Crippen MR) is 210 cm³/mol. The molecule has 17 heteroatoms. The Morgan fingerprint density at radius 3 is 1.93 bits per heavy atom. The number of alkyl halides is 3. The summed E-state index contributed by atoms with van der Waals surface area (Å²) in [6, 6.07) is 17.6. The summed E-state index contributed by atoms with van der Waals surface area (Å²) < 4.78 is 31.7. The second-order valence-corrected chi connectivity index (χ2v) is 15.0. The van der Waals surface area contributed by atoms with Crippen LogP contribution in [0.1, 0.15) is 76.3 Å². The number of amides is 3. The second kappa shape index (κ2) is 24.2. The number of hydrogen-bond acceptors (Lipinski definition) is 9. The lowest BCUT2D eigenvalue weighted by Gasteiger charge is -2.38. The van der Waals surface area contributed by atoms with E-state index in [0.29, 0.717) is 58.4 Å². The van der Waals surface area contributed by atoms with E-state index in [2.05, 4.69) is 45.2 Å². The summed E-state index contributed by atoms with van der Waals surface area (Å²) in [6.45, 7) is 8.82. The first-order valence-electron chi connectivity index (χ1n) is 19.3. The Morgan fingerprint density at radius 1 is 0.842 bits per heavy atom. The minimum atomic E-state index is -5.08. The Balaban J connectivity index is 0.00000146. The van der Waals surface area contributed by atoms with Gasteiger partial charge in [0, 0.05) is 38.6 Å². The van der Waals surface area contributed by atoms with Crippen molar-refractivity contribution in [1.82, 2.24) is 26.2 Å². The van der Waals surface area contributed by atoms with Crippen molar-refractivity contribution in [3.05, 3.63) is 71.8 Å². The lowest BCUT2D eigenvalue weighted by atomic mass is 9.88. The number of carboxylic acid groups (broad SMARTS) is 2. The van der Waals surface area contributed by atoms with Gasteiger partial charge in [0.2, 0.25) is 17.7 Å². The molecule has 1 fully saturated rings. The van der Waals surface area contributed by atoms with Crippen molar-refractivity contribution in [2.24, 2.45) is 17.4 Å². The molecule has 1 aliphatic heterocycles. The van der Waals surface area contributed by atoms with E-state index in [0.717, 1.165) is 18.4 Å². The minimum Gasteiger partial charge on any atom is -0.480 e. The van der Waals surface area contributed by atoms with Gasteiger partial charge in [0.05, 0.1) is 6.54 Å². The van der Waals surface area contributed by atoms with E-state index >= 15 is 0 Å². The monoisotopic (exact) mass is 807 g/mol. The number of carbonyl (C=O) groups excluding carboxylic acids is 3. The zero-order chi connectivity index (χ0) is 42.6. The smallest absolute Gasteiger partial charge is 0.480 e. The third kappa shape index (κ3) is 18.5. The van der Waals surface area contributed by atoms with Crippen molar-refractivity contribution in [2.75, 3.05) is 39.3 Å². The molecule has 1 heterocycles. The van der Waals surface area contributed by atoms with Crippen LogP contribution in [0.15, 0.2) is 60.7 Å². The summed E-state index contributed by atoms with van der Waals surface area (Å²) in [4.78, 5) is 63.5. The number of nitrogens with one attached hydrogen (secondary N) is 4. The van der Waals surface area contributed by atoms with Crippen LogP contribution in [0.4, 0.5) is 13.2 Å². The van der Waals surface area contributed by atoms with Crippen LogP contribution in [0.3, 0.4) is 0 Å². The van der Waals surface area contributed by atoms with Gasteiger partial charge in [-0.15, -0.1) is 0 Å². The Bertz CT molecular complexity index is 1540. The van der Waals surface area contributed by atoms with Crippen molar-refractivity contribution in [2.45, 2.75) is 101 Å². The molecule has 2 aromatic rings. The Hall–Kier alpha value is -4.58. The molecule has 4 unspecified atom stereocenters. The van der Waals surface area contributed by atoms with Crippen molar-refractivity contribution < 1.29 is 47.4 Å². The maximum atomic E-state index is 13.9. The molecule has 0 saturated carbocycles. The predicted octanol–water partition coefficient (Wildman–Crippen LogP) is 2.76. The van der Waals surface area contributed by atoms with E-state index < -0.39 is 41.6 Å². The molecule has 318 valence electrons. The van der Waals surface area contributed by atoms with Crippen LogP contribution in [0.2, 0.25) is 0 Å². The highest BCUT2D eigenvalue weighted by molar-refractivity contribution is 5.92. The van der Waals surface area contributed by atoms with Crippen LogP contribution in [0, 0.1) is 5.92 Å². The molecule has 3 amide bonds. The standard InChI is InChI=1S/C38H59N7O5.C2HF3O2/c1-27(2)22-32(35(47)42-31(16-10-11-19-39)26-45-20-17-38(40,18-21-45)37(49)50)44-36(48)33(23-29-12-6-4-7-13-29)43-34(46)25-41-24-28(3)30-14-8-5-9-15-30;3-2(4,5)1(6)7/h4-9,12-15,27-28,31-33,41H,10-11,16-26,39-40H2,1-3H3,(H,42,47)(H,43,46)(H,44,48)(H,49,50);(H,6,7).